The molecule has 1 unspecified atom stereocenters. The predicted molar refractivity (Wildman–Crippen MR) is 68.2 cm³/mol. The highest BCUT2D eigenvalue weighted by Gasteiger charge is 2.09. The normalized spacial score (nSPS) is 12.3. The smallest absolute Gasteiger partial charge is 0.387 e. The molecule has 1 aromatic carbocycles. The van der Waals surface area contributed by atoms with Gasteiger partial charge in [-0.15, -0.1) is 0 Å². The van der Waals surface area contributed by atoms with Gasteiger partial charge in [-0.3, -0.25) is 4.79 Å². The molecule has 0 aliphatic heterocycles. The molecule has 6 heteroatoms. The molecule has 0 bridgehead atoms. The fourth-order valence-corrected chi connectivity index (χ4v) is 1.54. The van der Waals surface area contributed by atoms with Gasteiger partial charge in [0, 0.05) is 12.1 Å². The Labute approximate surface area is 110 Å². The molecule has 1 amide bonds. The van der Waals surface area contributed by atoms with Gasteiger partial charge in [0.25, 0.3) is 5.91 Å². The summed E-state index contributed by atoms with van der Waals surface area (Å²) in [6.45, 7) is 0.242. The molecule has 19 heavy (non-hydrogen) atoms. The Kier molecular flexibility index (Phi) is 6.21. The van der Waals surface area contributed by atoms with Crippen molar-refractivity contribution in [2.24, 2.45) is 11.7 Å². The van der Waals surface area contributed by atoms with Crippen molar-refractivity contribution in [2.75, 3.05) is 13.1 Å². The van der Waals surface area contributed by atoms with Gasteiger partial charge in [-0.05, 0) is 43.1 Å². The SMILES string of the molecule is CC(CCN)CNC(=O)c1ccc(OC(F)F)cc1. The van der Waals surface area contributed by atoms with Crippen LogP contribution in [-0.2, 0) is 0 Å². The topological polar surface area (TPSA) is 64.3 Å². The van der Waals surface area contributed by atoms with E-state index in [9.17, 15) is 13.6 Å². The van der Waals surface area contributed by atoms with Gasteiger partial charge in [0.05, 0.1) is 0 Å². The van der Waals surface area contributed by atoms with E-state index in [4.69, 9.17) is 5.73 Å². The molecule has 1 rings (SSSR count). The van der Waals surface area contributed by atoms with Gasteiger partial charge in [-0.25, -0.2) is 0 Å². The second-order valence-electron chi connectivity index (χ2n) is 4.30. The highest BCUT2D eigenvalue weighted by atomic mass is 19.3. The van der Waals surface area contributed by atoms with Crippen LogP contribution in [0.5, 0.6) is 5.75 Å². The lowest BCUT2D eigenvalue weighted by molar-refractivity contribution is -0.0498. The molecular formula is C13H18F2N2O2. The molecule has 0 saturated heterocycles. The number of amides is 1. The largest absolute Gasteiger partial charge is 0.435 e. The molecule has 3 N–H and O–H groups in total. The number of carbonyl (C=O) groups excluding carboxylic acids is 1. The quantitative estimate of drug-likeness (QED) is 0.798. The maximum absolute atomic E-state index is 12.0. The summed E-state index contributed by atoms with van der Waals surface area (Å²) in [6, 6.07) is 5.57. The van der Waals surface area contributed by atoms with E-state index in [-0.39, 0.29) is 11.7 Å². The van der Waals surface area contributed by atoms with E-state index in [0.29, 0.717) is 24.6 Å². The molecule has 0 fully saturated rings. The molecule has 1 atom stereocenters. The lowest BCUT2D eigenvalue weighted by Gasteiger charge is -2.11. The van der Waals surface area contributed by atoms with E-state index >= 15 is 0 Å². The lowest BCUT2D eigenvalue weighted by atomic mass is 10.1. The van der Waals surface area contributed by atoms with Gasteiger partial charge in [0.2, 0.25) is 0 Å². The summed E-state index contributed by atoms with van der Waals surface area (Å²) in [5.74, 6) is 0.0888. The molecule has 1 aromatic rings. The molecule has 0 radical (unpaired) electrons. The molecule has 0 aliphatic carbocycles. The van der Waals surface area contributed by atoms with Crippen LogP contribution in [-0.4, -0.2) is 25.6 Å². The van der Waals surface area contributed by atoms with E-state index < -0.39 is 6.61 Å². The minimum atomic E-state index is -2.86. The number of rotatable bonds is 7. The fraction of sp³-hybridized carbons (Fsp3) is 0.462. The molecule has 0 saturated carbocycles. The van der Waals surface area contributed by atoms with Gasteiger partial charge in [-0.2, -0.15) is 8.78 Å². The third-order valence-corrected chi connectivity index (χ3v) is 2.61. The first-order valence-electron chi connectivity index (χ1n) is 6.06. The first kappa shape index (κ1) is 15.4. The maximum atomic E-state index is 12.0. The molecule has 4 nitrogen and oxygen atoms in total. The fourth-order valence-electron chi connectivity index (χ4n) is 1.54. The minimum Gasteiger partial charge on any atom is -0.435 e. The van der Waals surface area contributed by atoms with Crippen LogP contribution < -0.4 is 15.8 Å². The monoisotopic (exact) mass is 272 g/mol. The minimum absolute atomic E-state index is 0.0306. The van der Waals surface area contributed by atoms with Gasteiger partial charge in [-0.1, -0.05) is 6.92 Å². The van der Waals surface area contributed by atoms with Gasteiger partial charge in [0.1, 0.15) is 5.75 Å². The van der Waals surface area contributed by atoms with Crippen molar-refractivity contribution in [2.45, 2.75) is 20.0 Å². The zero-order chi connectivity index (χ0) is 14.3. The van der Waals surface area contributed by atoms with Gasteiger partial charge >= 0.3 is 6.61 Å². The Balaban J connectivity index is 2.48. The van der Waals surface area contributed by atoms with Crippen LogP contribution in [0.1, 0.15) is 23.7 Å². The van der Waals surface area contributed by atoms with E-state index in [1.807, 2.05) is 6.92 Å². The van der Waals surface area contributed by atoms with Crippen LogP contribution in [0.4, 0.5) is 8.78 Å². The van der Waals surface area contributed by atoms with Crippen molar-refractivity contribution in [3.63, 3.8) is 0 Å². The Morgan fingerprint density at radius 1 is 1.37 bits per heavy atom. The van der Waals surface area contributed by atoms with Crippen molar-refractivity contribution in [3.8, 4) is 5.75 Å². The number of halogens is 2. The Morgan fingerprint density at radius 3 is 2.53 bits per heavy atom. The first-order valence-corrected chi connectivity index (χ1v) is 6.06. The molecule has 0 aromatic heterocycles. The van der Waals surface area contributed by atoms with Crippen molar-refractivity contribution >= 4 is 5.91 Å². The predicted octanol–water partition coefficient (Wildman–Crippen LogP) is 2.00. The van der Waals surface area contributed by atoms with E-state index in [1.165, 1.54) is 24.3 Å². The highest BCUT2D eigenvalue weighted by molar-refractivity contribution is 5.94. The van der Waals surface area contributed by atoms with E-state index in [2.05, 4.69) is 10.1 Å². The number of hydrogen-bond donors (Lipinski definition) is 2. The summed E-state index contributed by atoms with van der Waals surface area (Å²) in [6.07, 6.45) is 0.835. The van der Waals surface area contributed by atoms with Crippen LogP contribution >= 0.6 is 0 Å². The lowest BCUT2D eigenvalue weighted by Crippen LogP contribution is -2.29. The first-order chi connectivity index (χ1) is 9.02. The van der Waals surface area contributed by atoms with Crippen molar-refractivity contribution in [3.05, 3.63) is 29.8 Å². The summed E-state index contributed by atoms with van der Waals surface area (Å²) in [4.78, 5) is 11.8. The summed E-state index contributed by atoms with van der Waals surface area (Å²) in [5.41, 5.74) is 5.82. The molecule has 0 heterocycles. The zero-order valence-corrected chi connectivity index (χ0v) is 10.7. The summed E-state index contributed by atoms with van der Waals surface area (Å²) in [7, 11) is 0. The van der Waals surface area contributed by atoms with Crippen molar-refractivity contribution in [1.82, 2.24) is 5.32 Å². The number of nitrogens with one attached hydrogen (secondary N) is 1. The summed E-state index contributed by atoms with van der Waals surface area (Å²) in [5, 5.41) is 2.76. The Bertz CT molecular complexity index is 396. The number of hydrogen-bond acceptors (Lipinski definition) is 3. The second kappa shape index (κ2) is 7.68. The molecular weight excluding hydrogens is 254 g/mol. The molecule has 0 aliphatic rings. The molecule has 106 valence electrons. The number of ether oxygens (including phenoxy) is 1. The van der Waals surface area contributed by atoms with Crippen LogP contribution in [0.3, 0.4) is 0 Å². The third kappa shape index (κ3) is 5.65. The summed E-state index contributed by atoms with van der Waals surface area (Å²) >= 11 is 0. The van der Waals surface area contributed by atoms with Crippen molar-refractivity contribution in [1.29, 1.82) is 0 Å². The van der Waals surface area contributed by atoms with Crippen LogP contribution in [0, 0.1) is 5.92 Å². The van der Waals surface area contributed by atoms with Gasteiger partial charge in [0.15, 0.2) is 0 Å². The second-order valence-corrected chi connectivity index (χ2v) is 4.30. The van der Waals surface area contributed by atoms with Gasteiger partial charge < -0.3 is 15.8 Å². The van der Waals surface area contributed by atoms with Crippen LogP contribution in [0.2, 0.25) is 0 Å². The number of nitrogens with two attached hydrogens (primary N) is 1. The zero-order valence-electron chi connectivity index (χ0n) is 10.7. The van der Waals surface area contributed by atoms with Crippen molar-refractivity contribution < 1.29 is 18.3 Å². The average molecular weight is 272 g/mol. The molecule has 0 spiro atoms. The standard InChI is InChI=1S/C13H18F2N2O2/c1-9(6-7-16)8-17-12(18)10-2-4-11(5-3-10)19-13(14)15/h2-5,9,13H,6-8,16H2,1H3,(H,17,18). The highest BCUT2D eigenvalue weighted by Crippen LogP contribution is 2.14. The van der Waals surface area contributed by atoms with E-state index in [0.717, 1.165) is 6.42 Å². The number of carbonyl (C=O) groups is 1. The average Bonchev–Trinajstić information content (AvgIpc) is 2.36. The summed E-state index contributed by atoms with van der Waals surface area (Å²) < 4.78 is 28.1. The Morgan fingerprint density at radius 2 is 2.00 bits per heavy atom. The number of benzene rings is 1. The van der Waals surface area contributed by atoms with Crippen LogP contribution in [0.25, 0.3) is 0 Å². The van der Waals surface area contributed by atoms with E-state index in [1.54, 1.807) is 0 Å². The maximum Gasteiger partial charge on any atom is 0.387 e. The third-order valence-electron chi connectivity index (χ3n) is 2.61. The van der Waals surface area contributed by atoms with Crippen LogP contribution in [0.15, 0.2) is 24.3 Å². The Hall–Kier alpha value is -1.69. The number of alkyl halides is 2.